The average Bonchev–Trinajstić information content (AvgIpc) is 2.39. The van der Waals surface area contributed by atoms with E-state index in [-0.39, 0.29) is 0 Å². The molecule has 0 aromatic heterocycles. The van der Waals surface area contributed by atoms with E-state index in [9.17, 15) is 0 Å². The molecule has 2 aliphatic heterocycles. The third-order valence-corrected chi connectivity index (χ3v) is 4.23. The molecule has 0 spiro atoms. The lowest BCUT2D eigenvalue weighted by Gasteiger charge is -2.42. The van der Waals surface area contributed by atoms with Crippen molar-refractivity contribution in [2.24, 2.45) is 0 Å². The Labute approximate surface area is 105 Å². The summed E-state index contributed by atoms with van der Waals surface area (Å²) in [6, 6.07) is 1.24. The van der Waals surface area contributed by atoms with E-state index in [0.29, 0.717) is 18.2 Å². The summed E-state index contributed by atoms with van der Waals surface area (Å²) in [5.74, 6) is 0. The van der Waals surface area contributed by atoms with Crippen molar-refractivity contribution in [3.8, 4) is 0 Å². The number of likely N-dealkylation sites (tertiary alicyclic amines) is 1. The topological polar surface area (TPSA) is 27.7 Å². The van der Waals surface area contributed by atoms with Gasteiger partial charge in [-0.15, -0.1) is 0 Å². The summed E-state index contributed by atoms with van der Waals surface area (Å²) in [5.41, 5.74) is 0. The van der Waals surface area contributed by atoms with Crippen LogP contribution in [0.2, 0.25) is 0 Å². The summed E-state index contributed by atoms with van der Waals surface area (Å²) in [5, 5.41) is 3.43. The van der Waals surface area contributed by atoms with Crippen LogP contribution in [0.15, 0.2) is 0 Å². The maximum Gasteiger partial charge on any atom is 0.0852 e. The Hall–Kier alpha value is -0.160. The number of ether oxygens (including phenoxy) is 1. The molecule has 2 rings (SSSR count). The summed E-state index contributed by atoms with van der Waals surface area (Å²) in [6.07, 6.45) is 3.01. The SMILES string of the molecule is CC(C1CNCCO1)N1CCCC(N(C)C)C1. The van der Waals surface area contributed by atoms with Gasteiger partial charge in [0.15, 0.2) is 0 Å². The molecule has 0 aromatic carbocycles. The summed E-state index contributed by atoms with van der Waals surface area (Å²) in [7, 11) is 4.38. The van der Waals surface area contributed by atoms with E-state index in [1.807, 2.05) is 0 Å². The Bertz CT molecular complexity index is 229. The van der Waals surface area contributed by atoms with Crippen LogP contribution in [-0.2, 0) is 4.74 Å². The zero-order valence-electron chi connectivity index (χ0n) is 11.5. The van der Waals surface area contributed by atoms with Gasteiger partial charge in [-0.3, -0.25) is 4.90 Å². The lowest BCUT2D eigenvalue weighted by molar-refractivity contribution is -0.0375. The smallest absolute Gasteiger partial charge is 0.0852 e. The third-order valence-electron chi connectivity index (χ3n) is 4.23. The Morgan fingerprint density at radius 3 is 2.88 bits per heavy atom. The van der Waals surface area contributed by atoms with E-state index in [1.54, 1.807) is 0 Å². The molecule has 3 unspecified atom stereocenters. The molecule has 2 heterocycles. The van der Waals surface area contributed by atoms with Gasteiger partial charge in [0, 0.05) is 31.7 Å². The number of nitrogens with zero attached hydrogens (tertiary/aromatic N) is 2. The van der Waals surface area contributed by atoms with E-state index in [1.165, 1.54) is 25.9 Å². The molecule has 100 valence electrons. The second-order valence-electron chi connectivity index (χ2n) is 5.61. The van der Waals surface area contributed by atoms with Gasteiger partial charge in [0.1, 0.15) is 0 Å². The molecular weight excluding hydrogens is 214 g/mol. The van der Waals surface area contributed by atoms with Crippen molar-refractivity contribution in [2.75, 3.05) is 46.9 Å². The van der Waals surface area contributed by atoms with Crippen LogP contribution in [0.4, 0.5) is 0 Å². The highest BCUT2D eigenvalue weighted by Gasteiger charge is 2.30. The van der Waals surface area contributed by atoms with E-state index >= 15 is 0 Å². The highest BCUT2D eigenvalue weighted by Crippen LogP contribution is 2.19. The van der Waals surface area contributed by atoms with Crippen LogP contribution in [-0.4, -0.2) is 74.9 Å². The van der Waals surface area contributed by atoms with Gasteiger partial charge in [0.05, 0.1) is 12.7 Å². The van der Waals surface area contributed by atoms with Crippen molar-refractivity contribution in [3.63, 3.8) is 0 Å². The van der Waals surface area contributed by atoms with Crippen LogP contribution < -0.4 is 5.32 Å². The number of hydrogen-bond donors (Lipinski definition) is 1. The molecule has 3 atom stereocenters. The van der Waals surface area contributed by atoms with Gasteiger partial charge in [0.25, 0.3) is 0 Å². The molecule has 2 saturated heterocycles. The van der Waals surface area contributed by atoms with Crippen molar-refractivity contribution in [1.82, 2.24) is 15.1 Å². The van der Waals surface area contributed by atoms with Gasteiger partial charge >= 0.3 is 0 Å². The van der Waals surface area contributed by atoms with E-state index < -0.39 is 0 Å². The van der Waals surface area contributed by atoms with Crippen molar-refractivity contribution in [2.45, 2.75) is 38.0 Å². The van der Waals surface area contributed by atoms with E-state index in [4.69, 9.17) is 4.74 Å². The number of likely N-dealkylation sites (N-methyl/N-ethyl adjacent to an activating group) is 1. The molecule has 0 aliphatic carbocycles. The fourth-order valence-corrected chi connectivity index (χ4v) is 2.91. The minimum absolute atomic E-state index is 0.365. The Morgan fingerprint density at radius 1 is 1.41 bits per heavy atom. The van der Waals surface area contributed by atoms with Crippen molar-refractivity contribution in [1.29, 1.82) is 0 Å². The minimum Gasteiger partial charge on any atom is -0.374 e. The van der Waals surface area contributed by atoms with E-state index in [0.717, 1.165) is 19.7 Å². The van der Waals surface area contributed by atoms with Crippen LogP contribution in [0.5, 0.6) is 0 Å². The fourth-order valence-electron chi connectivity index (χ4n) is 2.91. The molecule has 0 saturated carbocycles. The first-order chi connectivity index (χ1) is 8.18. The zero-order chi connectivity index (χ0) is 12.3. The number of nitrogens with one attached hydrogen (secondary N) is 1. The lowest BCUT2D eigenvalue weighted by Crippen LogP contribution is -2.55. The Balaban J connectivity index is 1.87. The van der Waals surface area contributed by atoms with Crippen LogP contribution in [0.25, 0.3) is 0 Å². The number of rotatable bonds is 3. The number of morpholine rings is 1. The van der Waals surface area contributed by atoms with Crippen molar-refractivity contribution in [3.05, 3.63) is 0 Å². The lowest BCUT2D eigenvalue weighted by atomic mass is 10.0. The predicted octanol–water partition coefficient (Wildman–Crippen LogP) is 0.389. The van der Waals surface area contributed by atoms with E-state index in [2.05, 4.69) is 36.1 Å². The third kappa shape index (κ3) is 3.41. The first-order valence-electron chi connectivity index (χ1n) is 6.91. The Kier molecular flexibility index (Phi) is 4.79. The monoisotopic (exact) mass is 241 g/mol. The second kappa shape index (κ2) is 6.14. The number of hydrogen-bond acceptors (Lipinski definition) is 4. The van der Waals surface area contributed by atoms with Crippen molar-refractivity contribution < 1.29 is 4.74 Å². The predicted molar refractivity (Wildman–Crippen MR) is 70.4 cm³/mol. The first-order valence-corrected chi connectivity index (χ1v) is 6.91. The quantitative estimate of drug-likeness (QED) is 0.773. The fraction of sp³-hybridized carbons (Fsp3) is 1.00. The highest BCUT2D eigenvalue weighted by molar-refractivity contribution is 4.86. The molecule has 4 nitrogen and oxygen atoms in total. The molecular formula is C13H27N3O. The molecule has 17 heavy (non-hydrogen) atoms. The molecule has 2 aliphatic rings. The molecule has 4 heteroatoms. The summed E-state index contributed by atoms with van der Waals surface area (Å²) >= 11 is 0. The Morgan fingerprint density at radius 2 is 2.24 bits per heavy atom. The maximum absolute atomic E-state index is 5.87. The van der Waals surface area contributed by atoms with Gasteiger partial charge < -0.3 is 15.0 Å². The van der Waals surface area contributed by atoms with Gasteiger partial charge in [-0.25, -0.2) is 0 Å². The standard InChI is InChI=1S/C13H27N3O/c1-11(13-9-14-6-8-17-13)16-7-4-5-12(10-16)15(2)3/h11-14H,4-10H2,1-3H3. The molecule has 0 bridgehead atoms. The van der Waals surface area contributed by atoms with Crippen molar-refractivity contribution >= 4 is 0 Å². The maximum atomic E-state index is 5.87. The highest BCUT2D eigenvalue weighted by atomic mass is 16.5. The average molecular weight is 241 g/mol. The zero-order valence-corrected chi connectivity index (χ0v) is 11.5. The van der Waals surface area contributed by atoms with Gasteiger partial charge in [-0.2, -0.15) is 0 Å². The largest absolute Gasteiger partial charge is 0.374 e. The van der Waals surface area contributed by atoms with Crippen LogP contribution in [0.3, 0.4) is 0 Å². The molecule has 2 fully saturated rings. The number of piperidine rings is 1. The van der Waals surface area contributed by atoms with Crippen LogP contribution in [0.1, 0.15) is 19.8 Å². The second-order valence-corrected chi connectivity index (χ2v) is 5.61. The molecule has 0 amide bonds. The summed E-state index contributed by atoms with van der Waals surface area (Å²) in [4.78, 5) is 4.96. The molecule has 0 radical (unpaired) electrons. The van der Waals surface area contributed by atoms with Gasteiger partial charge in [-0.1, -0.05) is 0 Å². The molecule has 0 aromatic rings. The molecule has 1 N–H and O–H groups in total. The first kappa shape index (κ1) is 13.3. The van der Waals surface area contributed by atoms with Gasteiger partial charge in [0.2, 0.25) is 0 Å². The minimum atomic E-state index is 0.365. The summed E-state index contributed by atoms with van der Waals surface area (Å²) in [6.45, 7) is 7.60. The normalized spacial score (nSPS) is 33.9. The summed E-state index contributed by atoms with van der Waals surface area (Å²) < 4.78 is 5.87. The van der Waals surface area contributed by atoms with Crippen LogP contribution in [0, 0.1) is 0 Å². The van der Waals surface area contributed by atoms with Gasteiger partial charge in [-0.05, 0) is 40.4 Å². The van der Waals surface area contributed by atoms with Crippen LogP contribution >= 0.6 is 0 Å².